The predicted molar refractivity (Wildman–Crippen MR) is 111 cm³/mol. The van der Waals surface area contributed by atoms with Crippen LogP contribution in [0.4, 0.5) is 4.39 Å². The van der Waals surface area contributed by atoms with Crippen molar-refractivity contribution in [2.45, 2.75) is 19.9 Å². The number of halogens is 1. The minimum absolute atomic E-state index is 0.229. The summed E-state index contributed by atoms with van der Waals surface area (Å²) in [5.74, 6) is -0.761. The van der Waals surface area contributed by atoms with Crippen LogP contribution >= 0.6 is 0 Å². The van der Waals surface area contributed by atoms with Crippen molar-refractivity contribution in [3.8, 4) is 0 Å². The Balaban J connectivity index is 1.54. The first kappa shape index (κ1) is 20.3. The van der Waals surface area contributed by atoms with Crippen molar-refractivity contribution in [1.29, 1.82) is 0 Å². The molecule has 0 radical (unpaired) electrons. The zero-order chi connectivity index (χ0) is 20.6. The Morgan fingerprint density at radius 3 is 2.14 bits per heavy atom. The molecule has 0 heterocycles. The van der Waals surface area contributed by atoms with E-state index in [0.717, 1.165) is 16.7 Å². The van der Waals surface area contributed by atoms with Crippen LogP contribution in [0.1, 0.15) is 37.4 Å². The SMILES string of the molecule is Cc1cccc(CNC(=O)c2cccc(C(=O)NCCc3ccc(F)cc3)c2)c1. The van der Waals surface area contributed by atoms with Gasteiger partial charge in [-0.3, -0.25) is 9.59 Å². The van der Waals surface area contributed by atoms with Gasteiger partial charge in [-0.15, -0.1) is 0 Å². The number of benzene rings is 3. The third-order valence-electron chi connectivity index (χ3n) is 4.53. The topological polar surface area (TPSA) is 58.2 Å². The summed E-state index contributed by atoms with van der Waals surface area (Å²) in [6, 6.07) is 20.7. The van der Waals surface area contributed by atoms with E-state index in [9.17, 15) is 14.0 Å². The van der Waals surface area contributed by atoms with Crippen LogP contribution < -0.4 is 10.6 Å². The van der Waals surface area contributed by atoms with Gasteiger partial charge in [0.25, 0.3) is 11.8 Å². The molecule has 5 heteroatoms. The first-order valence-corrected chi connectivity index (χ1v) is 9.48. The fourth-order valence-corrected chi connectivity index (χ4v) is 2.98. The van der Waals surface area contributed by atoms with Crippen LogP contribution in [-0.2, 0) is 13.0 Å². The molecule has 2 amide bonds. The van der Waals surface area contributed by atoms with Crippen LogP contribution in [0.5, 0.6) is 0 Å². The van der Waals surface area contributed by atoms with Gasteiger partial charge in [-0.1, -0.05) is 48.0 Å². The summed E-state index contributed by atoms with van der Waals surface area (Å²) in [4.78, 5) is 24.8. The van der Waals surface area contributed by atoms with E-state index in [4.69, 9.17) is 0 Å². The lowest BCUT2D eigenvalue weighted by molar-refractivity contribution is 0.0950. The second-order valence-electron chi connectivity index (χ2n) is 6.88. The lowest BCUT2D eigenvalue weighted by Gasteiger charge is -2.09. The maximum atomic E-state index is 12.9. The molecule has 3 aromatic carbocycles. The molecule has 2 N–H and O–H groups in total. The van der Waals surface area contributed by atoms with Crippen molar-refractivity contribution in [1.82, 2.24) is 10.6 Å². The largest absolute Gasteiger partial charge is 0.352 e. The number of carbonyl (C=O) groups is 2. The van der Waals surface area contributed by atoms with Gasteiger partial charge in [-0.05, 0) is 54.8 Å². The van der Waals surface area contributed by atoms with Crippen LogP contribution in [0.25, 0.3) is 0 Å². The molecule has 4 nitrogen and oxygen atoms in total. The molecule has 3 aromatic rings. The van der Waals surface area contributed by atoms with Crippen molar-refractivity contribution >= 4 is 11.8 Å². The highest BCUT2D eigenvalue weighted by atomic mass is 19.1. The highest BCUT2D eigenvalue weighted by Crippen LogP contribution is 2.08. The zero-order valence-electron chi connectivity index (χ0n) is 16.2. The number of hydrogen-bond donors (Lipinski definition) is 2. The van der Waals surface area contributed by atoms with E-state index in [1.54, 1.807) is 36.4 Å². The fourth-order valence-electron chi connectivity index (χ4n) is 2.98. The van der Waals surface area contributed by atoms with Gasteiger partial charge >= 0.3 is 0 Å². The van der Waals surface area contributed by atoms with Gasteiger partial charge in [-0.2, -0.15) is 0 Å². The Morgan fingerprint density at radius 1 is 0.793 bits per heavy atom. The molecular weight excluding hydrogens is 367 g/mol. The molecule has 0 aliphatic rings. The van der Waals surface area contributed by atoms with Gasteiger partial charge in [0.05, 0.1) is 0 Å². The molecule has 0 fully saturated rings. The van der Waals surface area contributed by atoms with E-state index >= 15 is 0 Å². The molecule has 0 aliphatic heterocycles. The molecule has 0 aromatic heterocycles. The van der Waals surface area contributed by atoms with Crippen molar-refractivity contribution in [2.24, 2.45) is 0 Å². The first-order valence-electron chi connectivity index (χ1n) is 9.48. The lowest BCUT2D eigenvalue weighted by Crippen LogP contribution is -2.27. The summed E-state index contributed by atoms with van der Waals surface area (Å²) in [5.41, 5.74) is 3.95. The second kappa shape index (κ2) is 9.64. The molecule has 148 valence electrons. The number of rotatable bonds is 7. The monoisotopic (exact) mass is 390 g/mol. The highest BCUT2D eigenvalue weighted by Gasteiger charge is 2.10. The average Bonchev–Trinajstić information content (AvgIpc) is 2.73. The molecule has 0 spiro atoms. The van der Waals surface area contributed by atoms with E-state index in [1.807, 2.05) is 31.2 Å². The third-order valence-corrected chi connectivity index (χ3v) is 4.53. The summed E-state index contributed by atoms with van der Waals surface area (Å²) in [5, 5.41) is 5.70. The zero-order valence-corrected chi connectivity index (χ0v) is 16.2. The summed E-state index contributed by atoms with van der Waals surface area (Å²) in [6.07, 6.45) is 0.600. The van der Waals surface area contributed by atoms with E-state index in [-0.39, 0.29) is 17.6 Å². The second-order valence-corrected chi connectivity index (χ2v) is 6.88. The molecule has 0 aliphatic carbocycles. The predicted octanol–water partition coefficient (Wildman–Crippen LogP) is 4.04. The number of aryl methyl sites for hydroxylation is 1. The van der Waals surface area contributed by atoms with E-state index in [1.165, 1.54) is 12.1 Å². The molecule has 0 saturated carbocycles. The van der Waals surface area contributed by atoms with Crippen LogP contribution in [0, 0.1) is 12.7 Å². The normalized spacial score (nSPS) is 10.4. The van der Waals surface area contributed by atoms with Crippen LogP contribution in [-0.4, -0.2) is 18.4 Å². The number of hydrogen-bond acceptors (Lipinski definition) is 2. The summed E-state index contributed by atoms with van der Waals surface area (Å²) in [6.45, 7) is 2.85. The van der Waals surface area contributed by atoms with E-state index in [0.29, 0.717) is 30.6 Å². The van der Waals surface area contributed by atoms with Gasteiger partial charge in [0.1, 0.15) is 5.82 Å². The van der Waals surface area contributed by atoms with E-state index in [2.05, 4.69) is 10.6 Å². The Morgan fingerprint density at radius 2 is 1.45 bits per heavy atom. The number of nitrogens with one attached hydrogen (secondary N) is 2. The first-order chi connectivity index (χ1) is 14.0. The molecule has 3 rings (SSSR count). The summed E-state index contributed by atoms with van der Waals surface area (Å²) >= 11 is 0. The van der Waals surface area contributed by atoms with E-state index < -0.39 is 0 Å². The van der Waals surface area contributed by atoms with Crippen LogP contribution in [0.2, 0.25) is 0 Å². The Kier molecular flexibility index (Phi) is 6.74. The van der Waals surface area contributed by atoms with Crippen molar-refractivity contribution in [3.05, 3.63) is 106 Å². The van der Waals surface area contributed by atoms with Crippen molar-refractivity contribution < 1.29 is 14.0 Å². The maximum Gasteiger partial charge on any atom is 0.251 e. The average molecular weight is 390 g/mol. The van der Waals surface area contributed by atoms with Crippen molar-refractivity contribution in [3.63, 3.8) is 0 Å². The van der Waals surface area contributed by atoms with Crippen molar-refractivity contribution in [2.75, 3.05) is 6.54 Å². The highest BCUT2D eigenvalue weighted by molar-refractivity contribution is 5.99. The lowest BCUT2D eigenvalue weighted by atomic mass is 10.1. The maximum absolute atomic E-state index is 12.9. The third kappa shape index (κ3) is 6.01. The summed E-state index contributed by atoms with van der Waals surface area (Å²) < 4.78 is 12.9. The molecule has 0 unspecified atom stereocenters. The van der Waals surface area contributed by atoms with Gasteiger partial charge in [0.15, 0.2) is 0 Å². The van der Waals surface area contributed by atoms with Crippen LogP contribution in [0.15, 0.2) is 72.8 Å². The van der Waals surface area contributed by atoms with Gasteiger partial charge in [-0.25, -0.2) is 4.39 Å². The van der Waals surface area contributed by atoms with Gasteiger partial charge in [0.2, 0.25) is 0 Å². The molecular formula is C24H23FN2O2. The van der Waals surface area contributed by atoms with Crippen LogP contribution in [0.3, 0.4) is 0 Å². The Hall–Kier alpha value is -3.47. The fraction of sp³-hybridized carbons (Fsp3) is 0.167. The number of amides is 2. The standard InChI is InChI=1S/C24H23FN2O2/c1-17-4-2-5-19(14-17)16-27-24(29)21-7-3-6-20(15-21)23(28)26-13-12-18-8-10-22(25)11-9-18/h2-11,14-15H,12-13,16H2,1H3,(H,26,28)(H,27,29). The molecule has 29 heavy (non-hydrogen) atoms. The Labute approximate surface area is 169 Å². The molecule has 0 bridgehead atoms. The molecule has 0 saturated heterocycles. The Bertz CT molecular complexity index is 1000. The minimum atomic E-state index is -0.282. The number of carbonyl (C=O) groups excluding carboxylic acids is 2. The molecule has 0 atom stereocenters. The smallest absolute Gasteiger partial charge is 0.251 e. The van der Waals surface area contributed by atoms with Gasteiger partial charge in [0, 0.05) is 24.2 Å². The summed E-state index contributed by atoms with van der Waals surface area (Å²) in [7, 11) is 0. The quantitative estimate of drug-likeness (QED) is 0.640. The van der Waals surface area contributed by atoms with Gasteiger partial charge < -0.3 is 10.6 Å². The minimum Gasteiger partial charge on any atom is -0.352 e.